The normalized spacial score (nSPS) is 10.8. The third-order valence-electron chi connectivity index (χ3n) is 3.25. The summed E-state index contributed by atoms with van der Waals surface area (Å²) in [5.74, 6) is 0.316. The molecule has 3 rings (SSSR count). The monoisotopic (exact) mass is 301 g/mol. The number of nitrogen functional groups attached to an aromatic ring is 1. The summed E-state index contributed by atoms with van der Waals surface area (Å²) in [4.78, 5) is 12.5. The summed E-state index contributed by atoms with van der Waals surface area (Å²) in [6.07, 6.45) is 0. The highest BCUT2D eigenvalue weighted by atomic mass is 35.5. The average Bonchev–Trinajstić information content (AvgIpc) is 2.84. The van der Waals surface area contributed by atoms with E-state index in [1.165, 1.54) is 13.2 Å². The Morgan fingerprint density at radius 1 is 1.24 bits per heavy atom. The number of fused-ring (bicyclic) bond motifs is 1. The van der Waals surface area contributed by atoms with E-state index in [1.54, 1.807) is 18.2 Å². The molecule has 2 aromatic carbocycles. The van der Waals surface area contributed by atoms with E-state index in [9.17, 15) is 4.79 Å². The van der Waals surface area contributed by atoms with Gasteiger partial charge in [-0.15, -0.1) is 0 Å². The van der Waals surface area contributed by atoms with Crippen LogP contribution in [0.15, 0.2) is 46.9 Å². The minimum atomic E-state index is -0.312. The highest BCUT2D eigenvalue weighted by molar-refractivity contribution is 6.32. The van der Waals surface area contributed by atoms with Gasteiger partial charge in [-0.05, 0) is 30.3 Å². The van der Waals surface area contributed by atoms with Crippen LogP contribution in [0.5, 0.6) is 5.75 Å². The van der Waals surface area contributed by atoms with Crippen molar-refractivity contribution in [1.29, 1.82) is 0 Å². The Hall–Kier alpha value is -2.46. The SMILES string of the molecule is COc1ccc(C(=O)c2oc3ccccc3c2N)cc1Cl. The van der Waals surface area contributed by atoms with Crippen molar-refractivity contribution in [1.82, 2.24) is 0 Å². The van der Waals surface area contributed by atoms with Crippen LogP contribution in [0.2, 0.25) is 5.02 Å². The van der Waals surface area contributed by atoms with Crippen LogP contribution < -0.4 is 10.5 Å². The minimum Gasteiger partial charge on any atom is -0.495 e. The molecule has 3 aromatic rings. The first kappa shape index (κ1) is 13.5. The van der Waals surface area contributed by atoms with Gasteiger partial charge in [0, 0.05) is 10.9 Å². The molecule has 0 aliphatic carbocycles. The van der Waals surface area contributed by atoms with Crippen LogP contribution >= 0.6 is 11.6 Å². The zero-order valence-electron chi connectivity index (χ0n) is 11.2. The standard InChI is InChI=1S/C16H12ClNO3/c1-20-13-7-6-9(8-11(13)17)15(19)16-14(18)10-4-2-3-5-12(10)21-16/h2-8H,18H2,1H3. The molecule has 21 heavy (non-hydrogen) atoms. The molecule has 4 nitrogen and oxygen atoms in total. The third-order valence-corrected chi connectivity index (χ3v) is 3.55. The molecule has 0 radical (unpaired) electrons. The van der Waals surface area contributed by atoms with Gasteiger partial charge in [-0.25, -0.2) is 0 Å². The fourth-order valence-electron chi connectivity index (χ4n) is 2.17. The second-order valence-corrected chi connectivity index (χ2v) is 4.93. The van der Waals surface area contributed by atoms with Gasteiger partial charge in [-0.1, -0.05) is 23.7 Å². The third kappa shape index (κ3) is 2.23. The van der Waals surface area contributed by atoms with Crippen molar-refractivity contribution in [2.24, 2.45) is 0 Å². The van der Waals surface area contributed by atoms with Gasteiger partial charge in [0.25, 0.3) is 0 Å². The van der Waals surface area contributed by atoms with E-state index >= 15 is 0 Å². The Morgan fingerprint density at radius 3 is 2.67 bits per heavy atom. The molecule has 0 saturated heterocycles. The lowest BCUT2D eigenvalue weighted by Gasteiger charge is -2.04. The summed E-state index contributed by atoms with van der Waals surface area (Å²) in [7, 11) is 1.51. The van der Waals surface area contributed by atoms with Crippen molar-refractivity contribution in [2.45, 2.75) is 0 Å². The topological polar surface area (TPSA) is 65.5 Å². The van der Waals surface area contributed by atoms with E-state index in [-0.39, 0.29) is 11.5 Å². The molecule has 0 spiro atoms. The van der Waals surface area contributed by atoms with E-state index in [4.69, 9.17) is 26.5 Å². The summed E-state index contributed by atoms with van der Waals surface area (Å²) < 4.78 is 10.6. The molecule has 2 N–H and O–H groups in total. The number of carbonyl (C=O) groups excluding carboxylic acids is 1. The molecule has 1 heterocycles. The number of halogens is 1. The van der Waals surface area contributed by atoms with Gasteiger partial charge in [-0.3, -0.25) is 4.79 Å². The number of ether oxygens (including phenoxy) is 1. The quantitative estimate of drug-likeness (QED) is 0.745. The van der Waals surface area contributed by atoms with Crippen LogP contribution in [0, 0.1) is 0 Å². The second-order valence-electron chi connectivity index (χ2n) is 4.52. The van der Waals surface area contributed by atoms with Gasteiger partial charge in [0.2, 0.25) is 5.78 Å². The zero-order chi connectivity index (χ0) is 15.0. The van der Waals surface area contributed by atoms with Crippen LogP contribution in [-0.4, -0.2) is 12.9 Å². The molecule has 0 aliphatic rings. The number of carbonyl (C=O) groups is 1. The number of benzene rings is 2. The van der Waals surface area contributed by atoms with Gasteiger partial charge < -0.3 is 14.9 Å². The molecule has 0 unspecified atom stereocenters. The largest absolute Gasteiger partial charge is 0.495 e. The van der Waals surface area contributed by atoms with E-state index in [0.717, 1.165) is 5.39 Å². The first-order chi connectivity index (χ1) is 10.1. The van der Waals surface area contributed by atoms with Gasteiger partial charge >= 0.3 is 0 Å². The van der Waals surface area contributed by atoms with Crippen molar-refractivity contribution in [3.63, 3.8) is 0 Å². The average molecular weight is 302 g/mol. The lowest BCUT2D eigenvalue weighted by molar-refractivity contribution is 0.101. The Kier molecular flexibility index (Phi) is 3.31. The van der Waals surface area contributed by atoms with Gasteiger partial charge in [0.05, 0.1) is 17.8 Å². The van der Waals surface area contributed by atoms with Crippen molar-refractivity contribution in [3.8, 4) is 5.75 Å². The molecule has 0 fully saturated rings. The summed E-state index contributed by atoms with van der Waals surface area (Å²) >= 11 is 6.04. The van der Waals surface area contributed by atoms with Crippen LogP contribution in [0.25, 0.3) is 11.0 Å². The lowest BCUT2D eigenvalue weighted by atomic mass is 10.1. The lowest BCUT2D eigenvalue weighted by Crippen LogP contribution is -2.03. The van der Waals surface area contributed by atoms with Crippen LogP contribution in [0.4, 0.5) is 5.69 Å². The van der Waals surface area contributed by atoms with Crippen molar-refractivity contribution in [3.05, 3.63) is 58.8 Å². The van der Waals surface area contributed by atoms with Gasteiger partial charge in [0.1, 0.15) is 11.3 Å². The number of methoxy groups -OCH3 is 1. The Balaban J connectivity index is 2.08. The number of ketones is 1. The van der Waals surface area contributed by atoms with Crippen molar-refractivity contribution < 1.29 is 13.9 Å². The molecule has 5 heteroatoms. The Morgan fingerprint density at radius 2 is 2.00 bits per heavy atom. The highest BCUT2D eigenvalue weighted by Gasteiger charge is 2.20. The number of furan rings is 1. The molecule has 0 saturated carbocycles. The predicted octanol–water partition coefficient (Wildman–Crippen LogP) is 3.91. The number of nitrogens with two attached hydrogens (primary N) is 1. The number of hydrogen-bond donors (Lipinski definition) is 1. The smallest absolute Gasteiger partial charge is 0.230 e. The molecule has 1 aromatic heterocycles. The maximum atomic E-state index is 12.5. The Labute approximate surface area is 126 Å². The summed E-state index contributed by atoms with van der Waals surface area (Å²) in [5, 5.41) is 1.08. The predicted molar refractivity (Wildman–Crippen MR) is 82.1 cm³/mol. The number of para-hydroxylation sites is 1. The van der Waals surface area contributed by atoms with E-state index in [0.29, 0.717) is 27.6 Å². The maximum Gasteiger partial charge on any atom is 0.230 e. The fraction of sp³-hybridized carbons (Fsp3) is 0.0625. The highest BCUT2D eigenvalue weighted by Crippen LogP contribution is 2.31. The first-order valence-electron chi connectivity index (χ1n) is 6.27. The first-order valence-corrected chi connectivity index (χ1v) is 6.65. The molecule has 106 valence electrons. The van der Waals surface area contributed by atoms with Crippen LogP contribution in [-0.2, 0) is 0 Å². The van der Waals surface area contributed by atoms with Crippen molar-refractivity contribution >= 4 is 34.0 Å². The van der Waals surface area contributed by atoms with E-state index < -0.39 is 0 Å². The summed E-state index contributed by atoms with van der Waals surface area (Å²) in [5.41, 5.74) is 7.31. The zero-order valence-corrected chi connectivity index (χ0v) is 12.0. The second kappa shape index (κ2) is 5.14. The molecule has 0 amide bonds. The number of anilines is 1. The molecular formula is C16H12ClNO3. The van der Waals surface area contributed by atoms with Gasteiger partial charge in [-0.2, -0.15) is 0 Å². The molecule has 0 aliphatic heterocycles. The number of hydrogen-bond acceptors (Lipinski definition) is 4. The van der Waals surface area contributed by atoms with Crippen LogP contribution in [0.1, 0.15) is 16.1 Å². The van der Waals surface area contributed by atoms with E-state index in [2.05, 4.69) is 0 Å². The van der Waals surface area contributed by atoms with E-state index in [1.807, 2.05) is 18.2 Å². The van der Waals surface area contributed by atoms with Crippen molar-refractivity contribution in [2.75, 3.05) is 12.8 Å². The molecule has 0 atom stereocenters. The van der Waals surface area contributed by atoms with Gasteiger partial charge in [0.15, 0.2) is 5.76 Å². The van der Waals surface area contributed by atoms with Crippen LogP contribution in [0.3, 0.4) is 0 Å². The minimum absolute atomic E-state index is 0.123. The molecule has 0 bridgehead atoms. The maximum absolute atomic E-state index is 12.5. The molecular weight excluding hydrogens is 290 g/mol. The number of rotatable bonds is 3. The fourth-order valence-corrected chi connectivity index (χ4v) is 2.43. The summed E-state index contributed by atoms with van der Waals surface area (Å²) in [6.45, 7) is 0. The summed E-state index contributed by atoms with van der Waals surface area (Å²) in [6, 6.07) is 12.0. The Bertz CT molecular complexity index is 839.